The Morgan fingerprint density at radius 1 is 1.00 bits per heavy atom. The summed E-state index contributed by atoms with van der Waals surface area (Å²) in [5, 5.41) is 3.53. The molecule has 1 aliphatic carbocycles. The molecule has 0 amide bonds. The van der Waals surface area contributed by atoms with Crippen LogP contribution in [0.25, 0.3) is 0 Å². The Hall–Kier alpha value is -1.21. The molecule has 0 atom stereocenters. The van der Waals surface area contributed by atoms with E-state index in [-0.39, 0.29) is 0 Å². The first kappa shape index (κ1) is 18.1. The highest BCUT2D eigenvalue weighted by Gasteiger charge is 2.55. The van der Waals surface area contributed by atoms with Crippen LogP contribution in [0, 0.1) is 0 Å². The van der Waals surface area contributed by atoms with Crippen LogP contribution in [0.5, 0.6) is 0 Å². The van der Waals surface area contributed by atoms with E-state index in [1.54, 1.807) is 0 Å². The van der Waals surface area contributed by atoms with Gasteiger partial charge in [0.1, 0.15) is 11.4 Å². The molecule has 2 nitrogen and oxygen atoms in total. The molecule has 0 fully saturated rings. The smallest absolute Gasteiger partial charge is 0.259 e. The molecule has 1 aromatic heterocycles. The van der Waals surface area contributed by atoms with E-state index in [1.165, 1.54) is 0 Å². The van der Waals surface area contributed by atoms with Crippen molar-refractivity contribution in [3.05, 3.63) is 17.0 Å². The summed E-state index contributed by atoms with van der Waals surface area (Å²) in [4.78, 5) is 0. The highest BCUT2D eigenvalue weighted by atomic mass is 19.3. The number of halogens is 6. The maximum atomic E-state index is 14.3. The van der Waals surface area contributed by atoms with Crippen molar-refractivity contribution in [1.29, 1.82) is 0 Å². The minimum absolute atomic E-state index is 0.423. The second kappa shape index (κ2) is 6.36. The molecule has 8 heteroatoms. The van der Waals surface area contributed by atoms with E-state index in [0.29, 0.717) is 25.7 Å². The predicted molar refractivity (Wildman–Crippen MR) is 73.1 cm³/mol. The summed E-state index contributed by atoms with van der Waals surface area (Å²) in [5.41, 5.74) is -3.49. The Morgan fingerprint density at radius 3 is 2.00 bits per heavy atom. The average Bonchev–Trinajstić information content (AvgIpc) is 2.87. The van der Waals surface area contributed by atoms with E-state index in [0.717, 1.165) is 4.68 Å². The lowest BCUT2D eigenvalue weighted by Gasteiger charge is -2.31. The van der Waals surface area contributed by atoms with E-state index < -0.39 is 54.1 Å². The summed E-state index contributed by atoms with van der Waals surface area (Å²) in [6.07, 6.45) is -3.44. The van der Waals surface area contributed by atoms with Gasteiger partial charge in [-0.15, -0.1) is 0 Å². The summed E-state index contributed by atoms with van der Waals surface area (Å²) in [6, 6.07) is -0.578. The molecular weight excluding hydrogens is 322 g/mol. The number of aromatic nitrogens is 2. The van der Waals surface area contributed by atoms with Crippen molar-refractivity contribution >= 4 is 0 Å². The molecule has 0 radical (unpaired) electrons. The van der Waals surface area contributed by atoms with Gasteiger partial charge in [-0.1, -0.05) is 26.7 Å². The number of alkyl halides is 6. The zero-order valence-electron chi connectivity index (χ0n) is 13.1. The third kappa shape index (κ3) is 3.21. The fraction of sp³-hybridized carbons (Fsp3) is 0.800. The molecule has 0 aromatic carbocycles. The fourth-order valence-corrected chi connectivity index (χ4v) is 3.19. The Balaban J connectivity index is 2.69. The van der Waals surface area contributed by atoms with Crippen molar-refractivity contribution in [1.82, 2.24) is 9.78 Å². The molecular formula is C15H20F6N2. The molecule has 0 unspecified atom stereocenters. The van der Waals surface area contributed by atoms with Crippen LogP contribution in [-0.2, 0) is 11.8 Å². The average molecular weight is 342 g/mol. The first-order chi connectivity index (χ1) is 10.7. The van der Waals surface area contributed by atoms with Crippen molar-refractivity contribution in [3.8, 4) is 0 Å². The summed E-state index contributed by atoms with van der Waals surface area (Å²) in [5.74, 6) is -7.28. The largest absolute Gasteiger partial charge is 0.290 e. The number of fused-ring (bicyclic) bond motifs is 1. The Morgan fingerprint density at radius 2 is 1.52 bits per heavy atom. The topological polar surface area (TPSA) is 17.8 Å². The lowest BCUT2D eigenvalue weighted by Crippen LogP contribution is -2.33. The predicted octanol–water partition coefficient (Wildman–Crippen LogP) is 5.94. The van der Waals surface area contributed by atoms with E-state index in [9.17, 15) is 26.3 Å². The van der Waals surface area contributed by atoms with Crippen LogP contribution >= 0.6 is 0 Å². The van der Waals surface area contributed by atoms with Gasteiger partial charge in [0.05, 0.1) is 11.6 Å². The quantitative estimate of drug-likeness (QED) is 0.585. The molecule has 0 saturated heterocycles. The maximum absolute atomic E-state index is 14.3. The van der Waals surface area contributed by atoms with Crippen LogP contribution in [0.1, 0.15) is 81.8 Å². The van der Waals surface area contributed by atoms with Crippen molar-refractivity contribution in [2.75, 3.05) is 0 Å². The van der Waals surface area contributed by atoms with Crippen LogP contribution in [0.15, 0.2) is 0 Å². The van der Waals surface area contributed by atoms with E-state index >= 15 is 0 Å². The molecule has 0 saturated carbocycles. The second-order valence-corrected chi connectivity index (χ2v) is 5.99. The summed E-state index contributed by atoms with van der Waals surface area (Å²) in [7, 11) is 0. The standard InChI is InChI=1S/C15H20F6N2/c1-3-5-9(6-4-2)23-12-10(11(22-23)13(16)17)14(18,19)7-8-15(12,20)21/h9,13H,3-8H2,1-2H3. The van der Waals surface area contributed by atoms with Gasteiger partial charge in [0, 0.05) is 12.8 Å². The first-order valence-electron chi connectivity index (χ1n) is 7.82. The Bertz CT molecular complexity index is 546. The second-order valence-electron chi connectivity index (χ2n) is 5.99. The highest BCUT2D eigenvalue weighted by Crippen LogP contribution is 2.53. The van der Waals surface area contributed by atoms with E-state index in [4.69, 9.17) is 0 Å². The van der Waals surface area contributed by atoms with Gasteiger partial charge < -0.3 is 0 Å². The van der Waals surface area contributed by atoms with Crippen LogP contribution in [0.2, 0.25) is 0 Å². The minimum atomic E-state index is -3.70. The number of hydrogen-bond acceptors (Lipinski definition) is 1. The Labute approximate surface area is 130 Å². The van der Waals surface area contributed by atoms with Gasteiger partial charge in [-0.3, -0.25) is 4.68 Å². The zero-order chi connectivity index (χ0) is 17.4. The van der Waals surface area contributed by atoms with Crippen LogP contribution in [-0.4, -0.2) is 9.78 Å². The molecule has 1 aliphatic rings. The third-order valence-corrected chi connectivity index (χ3v) is 4.20. The molecule has 23 heavy (non-hydrogen) atoms. The zero-order valence-corrected chi connectivity index (χ0v) is 13.1. The summed E-state index contributed by atoms with van der Waals surface area (Å²) >= 11 is 0. The van der Waals surface area contributed by atoms with Crippen molar-refractivity contribution in [2.45, 2.75) is 76.7 Å². The SMILES string of the molecule is CCCC(CCC)n1nc(C(F)F)c2c1C(F)(F)CCC2(F)F. The lowest BCUT2D eigenvalue weighted by atomic mass is 9.88. The van der Waals surface area contributed by atoms with Crippen molar-refractivity contribution < 1.29 is 26.3 Å². The molecule has 2 rings (SSSR count). The number of nitrogens with zero attached hydrogens (tertiary/aromatic N) is 2. The van der Waals surface area contributed by atoms with Crippen molar-refractivity contribution in [3.63, 3.8) is 0 Å². The summed E-state index contributed by atoms with van der Waals surface area (Å²) in [6.45, 7) is 3.64. The van der Waals surface area contributed by atoms with Gasteiger partial charge in [0.25, 0.3) is 18.3 Å². The minimum Gasteiger partial charge on any atom is -0.259 e. The molecule has 1 aromatic rings. The first-order valence-corrected chi connectivity index (χ1v) is 7.82. The molecule has 0 spiro atoms. The number of hydrogen-bond donors (Lipinski definition) is 0. The molecule has 1 heterocycles. The Kier molecular flexibility index (Phi) is 5.01. The third-order valence-electron chi connectivity index (χ3n) is 4.20. The molecule has 0 aliphatic heterocycles. The van der Waals surface area contributed by atoms with Crippen LogP contribution < -0.4 is 0 Å². The summed E-state index contributed by atoms with van der Waals surface area (Å²) < 4.78 is 83.8. The van der Waals surface area contributed by atoms with E-state index in [1.807, 2.05) is 13.8 Å². The van der Waals surface area contributed by atoms with Gasteiger partial charge in [0.15, 0.2) is 0 Å². The fourth-order valence-electron chi connectivity index (χ4n) is 3.19. The van der Waals surface area contributed by atoms with Crippen LogP contribution in [0.4, 0.5) is 26.3 Å². The van der Waals surface area contributed by atoms with Gasteiger partial charge in [-0.05, 0) is 12.8 Å². The monoisotopic (exact) mass is 342 g/mol. The molecule has 0 bridgehead atoms. The molecule has 132 valence electrons. The van der Waals surface area contributed by atoms with Gasteiger partial charge >= 0.3 is 0 Å². The van der Waals surface area contributed by atoms with Gasteiger partial charge in [0.2, 0.25) is 0 Å². The van der Waals surface area contributed by atoms with Crippen molar-refractivity contribution in [2.24, 2.45) is 0 Å². The molecule has 0 N–H and O–H groups in total. The van der Waals surface area contributed by atoms with E-state index in [2.05, 4.69) is 5.10 Å². The van der Waals surface area contributed by atoms with Crippen LogP contribution in [0.3, 0.4) is 0 Å². The number of rotatable bonds is 6. The van der Waals surface area contributed by atoms with Gasteiger partial charge in [-0.25, -0.2) is 17.6 Å². The normalized spacial score (nSPS) is 19.4. The highest BCUT2D eigenvalue weighted by molar-refractivity contribution is 5.37. The van der Waals surface area contributed by atoms with Gasteiger partial charge in [-0.2, -0.15) is 13.9 Å². The lowest BCUT2D eigenvalue weighted by molar-refractivity contribution is -0.102. The maximum Gasteiger partial charge on any atom is 0.290 e.